The maximum atomic E-state index is 11.6. The van der Waals surface area contributed by atoms with Crippen LogP contribution in [0.15, 0.2) is 0 Å². The van der Waals surface area contributed by atoms with E-state index in [4.69, 9.17) is 5.11 Å². The van der Waals surface area contributed by atoms with E-state index >= 15 is 0 Å². The first-order chi connectivity index (χ1) is 6.10. The fourth-order valence-corrected chi connectivity index (χ4v) is 0.471. The van der Waals surface area contributed by atoms with Crippen molar-refractivity contribution in [3.8, 4) is 23.7 Å². The summed E-state index contributed by atoms with van der Waals surface area (Å²) >= 11 is 0. The van der Waals surface area contributed by atoms with Crippen molar-refractivity contribution in [2.24, 2.45) is 5.41 Å². The lowest BCUT2D eigenvalue weighted by Crippen LogP contribution is -2.07. The molecular weight excluding hydrogens is 193 g/mol. The first-order valence-electron chi connectivity index (χ1n) is 3.90. The van der Waals surface area contributed by atoms with Gasteiger partial charge < -0.3 is 5.11 Å². The van der Waals surface area contributed by atoms with Gasteiger partial charge in [-0.15, -0.1) is 0 Å². The van der Waals surface area contributed by atoms with Crippen LogP contribution in [0, 0.1) is 29.1 Å². The van der Waals surface area contributed by atoms with E-state index in [-0.39, 0.29) is 5.41 Å². The van der Waals surface area contributed by atoms with E-state index < -0.39 is 12.3 Å². The van der Waals surface area contributed by atoms with Gasteiger partial charge in [-0.25, -0.2) is 0 Å². The molecule has 0 aromatic carbocycles. The highest BCUT2D eigenvalue weighted by molar-refractivity contribution is 5.22. The normalized spacial score (nSPS) is 13.4. The van der Waals surface area contributed by atoms with Crippen molar-refractivity contribution < 1.29 is 18.3 Å². The average molecular weight is 204 g/mol. The van der Waals surface area contributed by atoms with Gasteiger partial charge in [0.15, 0.2) is 6.10 Å². The van der Waals surface area contributed by atoms with Crippen LogP contribution < -0.4 is 0 Å². The zero-order valence-corrected chi connectivity index (χ0v) is 8.16. The first kappa shape index (κ1) is 12.9. The van der Waals surface area contributed by atoms with Crippen LogP contribution in [0.2, 0.25) is 0 Å². The van der Waals surface area contributed by atoms with Gasteiger partial charge in [-0.1, -0.05) is 11.8 Å². The molecule has 14 heavy (non-hydrogen) atoms. The molecule has 1 atom stereocenters. The summed E-state index contributed by atoms with van der Waals surface area (Å²) in [5.74, 6) is 7.37. The zero-order chi connectivity index (χ0) is 11.4. The highest BCUT2D eigenvalue weighted by Crippen LogP contribution is 2.12. The average Bonchev–Trinajstić information content (AvgIpc) is 1.94. The van der Waals surface area contributed by atoms with Gasteiger partial charge in [0.25, 0.3) is 0 Å². The predicted octanol–water partition coefficient (Wildman–Crippen LogP) is 1.96. The number of aliphatic hydroxyl groups excluding tert-OH is 1. The molecule has 0 aromatic heterocycles. The van der Waals surface area contributed by atoms with E-state index in [0.29, 0.717) is 0 Å². The molecule has 0 rings (SSSR count). The summed E-state index contributed by atoms with van der Waals surface area (Å²) in [4.78, 5) is 0. The third kappa shape index (κ3) is 8.96. The molecule has 0 aromatic rings. The maximum absolute atomic E-state index is 11.6. The van der Waals surface area contributed by atoms with E-state index in [1.165, 1.54) is 0 Å². The van der Waals surface area contributed by atoms with Crippen molar-refractivity contribution in [3.05, 3.63) is 0 Å². The predicted molar refractivity (Wildman–Crippen MR) is 47.1 cm³/mol. The van der Waals surface area contributed by atoms with Crippen LogP contribution in [0.1, 0.15) is 20.8 Å². The second-order valence-corrected chi connectivity index (χ2v) is 3.69. The van der Waals surface area contributed by atoms with E-state index in [9.17, 15) is 13.2 Å². The van der Waals surface area contributed by atoms with Crippen molar-refractivity contribution in [3.63, 3.8) is 0 Å². The van der Waals surface area contributed by atoms with E-state index in [1.54, 1.807) is 26.7 Å². The lowest BCUT2D eigenvalue weighted by molar-refractivity contribution is -0.0699. The van der Waals surface area contributed by atoms with Crippen LogP contribution in [-0.2, 0) is 0 Å². The Bertz CT molecular complexity index is 269. The monoisotopic (exact) mass is 204 g/mol. The zero-order valence-electron chi connectivity index (χ0n) is 8.16. The summed E-state index contributed by atoms with van der Waals surface area (Å²) in [7, 11) is 0. The molecule has 0 aliphatic rings. The maximum Gasteiger partial charge on any atom is 0.457 e. The number of aliphatic hydroxyl groups is 1. The molecule has 0 bridgehead atoms. The van der Waals surface area contributed by atoms with Crippen molar-refractivity contribution in [2.75, 3.05) is 0 Å². The number of rotatable bonds is 0. The number of hydrogen-bond donors (Lipinski definition) is 1. The van der Waals surface area contributed by atoms with E-state index in [1.807, 2.05) is 0 Å². The second kappa shape index (κ2) is 4.39. The Balaban J connectivity index is 4.42. The number of hydrogen-bond acceptors (Lipinski definition) is 1. The van der Waals surface area contributed by atoms with Gasteiger partial charge in [-0.3, -0.25) is 0 Å². The number of alkyl halides is 3. The van der Waals surface area contributed by atoms with E-state index in [0.717, 1.165) is 5.92 Å². The molecule has 0 amide bonds. The highest BCUT2D eigenvalue weighted by atomic mass is 19.4. The van der Waals surface area contributed by atoms with Crippen LogP contribution in [0.4, 0.5) is 13.2 Å². The lowest BCUT2D eigenvalue weighted by atomic mass is 9.98. The van der Waals surface area contributed by atoms with Crippen molar-refractivity contribution in [1.29, 1.82) is 0 Å². The summed E-state index contributed by atoms with van der Waals surface area (Å²) in [5.41, 5.74) is -0.360. The molecular formula is C10H11F3O. The molecule has 1 unspecified atom stereocenters. The summed E-state index contributed by atoms with van der Waals surface area (Å²) in [6.07, 6.45) is -6.12. The fraction of sp³-hybridized carbons (Fsp3) is 0.600. The van der Waals surface area contributed by atoms with Gasteiger partial charge in [0.1, 0.15) is 0 Å². The highest BCUT2D eigenvalue weighted by Gasteiger charge is 2.23. The van der Waals surface area contributed by atoms with Crippen LogP contribution in [-0.4, -0.2) is 17.4 Å². The van der Waals surface area contributed by atoms with Crippen molar-refractivity contribution in [2.45, 2.75) is 33.1 Å². The molecule has 0 heterocycles. The molecule has 0 aliphatic heterocycles. The molecule has 78 valence electrons. The molecule has 0 saturated carbocycles. The minimum Gasteiger partial charge on any atom is -0.369 e. The Kier molecular flexibility index (Phi) is 4.04. The Labute approximate surface area is 81.3 Å². The van der Waals surface area contributed by atoms with Crippen molar-refractivity contribution in [1.82, 2.24) is 0 Å². The topological polar surface area (TPSA) is 20.2 Å². The summed E-state index contributed by atoms with van der Waals surface area (Å²) < 4.78 is 34.7. The quantitative estimate of drug-likeness (QED) is 0.598. The van der Waals surface area contributed by atoms with Gasteiger partial charge in [-0.05, 0) is 26.7 Å². The molecule has 1 N–H and O–H groups in total. The van der Waals surface area contributed by atoms with E-state index in [2.05, 4.69) is 11.8 Å². The lowest BCUT2D eigenvalue weighted by Gasteiger charge is -2.06. The number of halogens is 3. The minimum absolute atomic E-state index is 0.360. The van der Waals surface area contributed by atoms with Gasteiger partial charge in [0, 0.05) is 11.3 Å². The van der Waals surface area contributed by atoms with Crippen LogP contribution in [0.25, 0.3) is 0 Å². The molecule has 1 nitrogen and oxygen atoms in total. The molecule has 0 radical (unpaired) electrons. The largest absolute Gasteiger partial charge is 0.457 e. The Morgan fingerprint density at radius 2 is 1.43 bits per heavy atom. The van der Waals surface area contributed by atoms with Gasteiger partial charge in [-0.2, -0.15) is 13.2 Å². The summed E-state index contributed by atoms with van der Waals surface area (Å²) in [6.45, 7) is 5.34. The third-order valence-corrected chi connectivity index (χ3v) is 0.935. The molecule has 0 spiro atoms. The SMILES string of the molecule is CC(C)(C)C#CC(O)C#CC(F)(F)F. The molecule has 0 aliphatic carbocycles. The Hall–Kier alpha value is -1.13. The van der Waals surface area contributed by atoms with Crippen molar-refractivity contribution >= 4 is 0 Å². The van der Waals surface area contributed by atoms with Crippen LogP contribution in [0.5, 0.6) is 0 Å². The second-order valence-electron chi connectivity index (χ2n) is 3.69. The summed E-state index contributed by atoms with van der Waals surface area (Å²) in [5, 5.41) is 8.93. The smallest absolute Gasteiger partial charge is 0.369 e. The third-order valence-electron chi connectivity index (χ3n) is 0.935. The standard InChI is InChI=1S/C10H11F3O/c1-9(2,3)6-4-8(14)5-7-10(11,12)13/h8,14H,1-3H3. The minimum atomic E-state index is -4.58. The van der Waals surface area contributed by atoms with Gasteiger partial charge in [0.2, 0.25) is 0 Å². The Morgan fingerprint density at radius 3 is 1.79 bits per heavy atom. The summed E-state index contributed by atoms with van der Waals surface area (Å²) in [6, 6.07) is 0. The van der Waals surface area contributed by atoms with Gasteiger partial charge in [0.05, 0.1) is 0 Å². The van der Waals surface area contributed by atoms with Crippen LogP contribution >= 0.6 is 0 Å². The fourth-order valence-electron chi connectivity index (χ4n) is 0.471. The molecule has 0 saturated heterocycles. The van der Waals surface area contributed by atoms with Gasteiger partial charge >= 0.3 is 6.18 Å². The molecule has 0 fully saturated rings. The first-order valence-corrected chi connectivity index (χ1v) is 3.90. The van der Waals surface area contributed by atoms with Crippen LogP contribution in [0.3, 0.4) is 0 Å². The Morgan fingerprint density at radius 1 is 1.00 bits per heavy atom. The molecule has 4 heteroatoms.